The first kappa shape index (κ1) is 10.7. The summed E-state index contributed by atoms with van der Waals surface area (Å²) in [4.78, 5) is 2.39. The van der Waals surface area contributed by atoms with Gasteiger partial charge in [0.2, 0.25) is 0 Å². The van der Waals surface area contributed by atoms with Crippen LogP contribution in [0.15, 0.2) is 12.2 Å². The molecule has 0 atom stereocenters. The van der Waals surface area contributed by atoms with E-state index in [-0.39, 0.29) is 0 Å². The molecule has 0 aliphatic carbocycles. The molecular weight excluding hydrogens is 164 g/mol. The number of methoxy groups -OCH3 is 1. The van der Waals surface area contributed by atoms with Crippen molar-refractivity contribution in [2.45, 2.75) is 18.9 Å². The summed E-state index contributed by atoms with van der Waals surface area (Å²) in [5.74, 6) is 0. The SMILES string of the molecule is C=C(CN)CN1CCC(OC)CC1. The van der Waals surface area contributed by atoms with Gasteiger partial charge in [-0.25, -0.2) is 0 Å². The van der Waals surface area contributed by atoms with E-state index in [2.05, 4.69) is 11.5 Å². The van der Waals surface area contributed by atoms with Crippen molar-refractivity contribution in [1.82, 2.24) is 4.90 Å². The zero-order chi connectivity index (χ0) is 9.68. The number of rotatable bonds is 4. The van der Waals surface area contributed by atoms with E-state index in [1.54, 1.807) is 7.11 Å². The third kappa shape index (κ3) is 3.46. The average Bonchev–Trinajstić information content (AvgIpc) is 2.19. The molecule has 13 heavy (non-hydrogen) atoms. The number of nitrogens with zero attached hydrogens (tertiary/aromatic N) is 1. The fourth-order valence-corrected chi connectivity index (χ4v) is 1.68. The second kappa shape index (κ2) is 5.37. The van der Waals surface area contributed by atoms with Crippen LogP contribution in [0.3, 0.4) is 0 Å². The van der Waals surface area contributed by atoms with Crippen molar-refractivity contribution in [3.8, 4) is 0 Å². The van der Waals surface area contributed by atoms with Crippen LogP contribution in [0.2, 0.25) is 0 Å². The number of piperidine rings is 1. The van der Waals surface area contributed by atoms with Gasteiger partial charge < -0.3 is 10.5 Å². The Bertz CT molecular complexity index is 162. The number of likely N-dealkylation sites (tertiary alicyclic amines) is 1. The van der Waals surface area contributed by atoms with E-state index in [0.717, 1.165) is 38.0 Å². The van der Waals surface area contributed by atoms with Gasteiger partial charge in [0.05, 0.1) is 6.10 Å². The summed E-state index contributed by atoms with van der Waals surface area (Å²) in [7, 11) is 1.79. The molecule has 1 aliphatic heterocycles. The summed E-state index contributed by atoms with van der Waals surface area (Å²) in [6, 6.07) is 0. The van der Waals surface area contributed by atoms with Crippen molar-refractivity contribution >= 4 is 0 Å². The minimum absolute atomic E-state index is 0.461. The average molecular weight is 184 g/mol. The van der Waals surface area contributed by atoms with Gasteiger partial charge in [-0.1, -0.05) is 6.58 Å². The lowest BCUT2D eigenvalue weighted by atomic mass is 10.1. The zero-order valence-corrected chi connectivity index (χ0v) is 8.46. The number of hydrogen-bond donors (Lipinski definition) is 1. The zero-order valence-electron chi connectivity index (χ0n) is 8.46. The largest absolute Gasteiger partial charge is 0.381 e. The molecule has 3 nitrogen and oxygen atoms in total. The van der Waals surface area contributed by atoms with E-state index in [0.29, 0.717) is 12.6 Å². The molecule has 3 heteroatoms. The van der Waals surface area contributed by atoms with Gasteiger partial charge in [-0.3, -0.25) is 4.90 Å². The number of hydrogen-bond acceptors (Lipinski definition) is 3. The van der Waals surface area contributed by atoms with Crippen molar-refractivity contribution < 1.29 is 4.74 Å². The third-order valence-electron chi connectivity index (χ3n) is 2.60. The highest BCUT2D eigenvalue weighted by molar-refractivity contribution is 4.99. The molecule has 0 radical (unpaired) electrons. The van der Waals surface area contributed by atoms with Crippen molar-refractivity contribution in [3.63, 3.8) is 0 Å². The molecular formula is C10H20N2O. The van der Waals surface area contributed by atoms with Crippen LogP contribution in [0.4, 0.5) is 0 Å². The van der Waals surface area contributed by atoms with E-state index >= 15 is 0 Å². The molecule has 0 amide bonds. The van der Waals surface area contributed by atoms with Crippen molar-refractivity contribution in [2.24, 2.45) is 5.73 Å². The van der Waals surface area contributed by atoms with E-state index in [1.165, 1.54) is 0 Å². The van der Waals surface area contributed by atoms with Crippen LogP contribution in [0.25, 0.3) is 0 Å². The van der Waals surface area contributed by atoms with Gasteiger partial charge in [0.15, 0.2) is 0 Å². The van der Waals surface area contributed by atoms with Crippen molar-refractivity contribution in [1.29, 1.82) is 0 Å². The predicted molar refractivity (Wildman–Crippen MR) is 54.7 cm³/mol. The summed E-state index contributed by atoms with van der Waals surface area (Å²) < 4.78 is 5.30. The molecule has 0 bridgehead atoms. The van der Waals surface area contributed by atoms with Gasteiger partial charge in [-0.15, -0.1) is 0 Å². The Morgan fingerprint density at radius 3 is 2.62 bits per heavy atom. The molecule has 0 aromatic carbocycles. The quantitative estimate of drug-likeness (QED) is 0.651. The molecule has 0 aromatic rings. The van der Waals surface area contributed by atoms with Gasteiger partial charge in [0.25, 0.3) is 0 Å². The van der Waals surface area contributed by atoms with E-state index in [1.807, 2.05) is 0 Å². The second-order valence-corrected chi connectivity index (χ2v) is 3.67. The van der Waals surface area contributed by atoms with Gasteiger partial charge in [0.1, 0.15) is 0 Å². The van der Waals surface area contributed by atoms with Crippen LogP contribution in [0.5, 0.6) is 0 Å². The van der Waals surface area contributed by atoms with Crippen LogP contribution in [-0.4, -0.2) is 44.3 Å². The highest BCUT2D eigenvalue weighted by Crippen LogP contribution is 2.13. The van der Waals surface area contributed by atoms with Gasteiger partial charge in [0, 0.05) is 33.3 Å². The molecule has 0 saturated carbocycles. The highest BCUT2D eigenvalue weighted by atomic mass is 16.5. The van der Waals surface area contributed by atoms with Gasteiger partial charge >= 0.3 is 0 Å². The Kier molecular flexibility index (Phi) is 4.42. The summed E-state index contributed by atoms with van der Waals surface area (Å²) in [5.41, 5.74) is 6.61. The Morgan fingerprint density at radius 2 is 2.15 bits per heavy atom. The molecule has 0 spiro atoms. The first-order chi connectivity index (χ1) is 6.26. The molecule has 2 N–H and O–H groups in total. The maximum Gasteiger partial charge on any atom is 0.0595 e. The first-order valence-corrected chi connectivity index (χ1v) is 4.88. The van der Waals surface area contributed by atoms with E-state index < -0.39 is 0 Å². The fourth-order valence-electron chi connectivity index (χ4n) is 1.68. The van der Waals surface area contributed by atoms with Crippen LogP contribution < -0.4 is 5.73 Å². The van der Waals surface area contributed by atoms with Crippen LogP contribution >= 0.6 is 0 Å². The molecule has 1 aliphatic rings. The van der Waals surface area contributed by atoms with Crippen molar-refractivity contribution in [2.75, 3.05) is 33.3 Å². The van der Waals surface area contributed by atoms with E-state index in [9.17, 15) is 0 Å². The topological polar surface area (TPSA) is 38.5 Å². The van der Waals surface area contributed by atoms with Gasteiger partial charge in [-0.2, -0.15) is 0 Å². The normalized spacial score (nSPS) is 20.5. The summed E-state index contributed by atoms with van der Waals surface area (Å²) >= 11 is 0. The Morgan fingerprint density at radius 1 is 1.54 bits per heavy atom. The van der Waals surface area contributed by atoms with Crippen molar-refractivity contribution in [3.05, 3.63) is 12.2 Å². The summed E-state index contributed by atoms with van der Waals surface area (Å²) in [6.07, 6.45) is 2.73. The van der Waals surface area contributed by atoms with Gasteiger partial charge in [-0.05, 0) is 18.4 Å². The second-order valence-electron chi connectivity index (χ2n) is 3.67. The minimum Gasteiger partial charge on any atom is -0.381 e. The molecule has 0 unspecified atom stereocenters. The molecule has 1 fully saturated rings. The lowest BCUT2D eigenvalue weighted by Crippen LogP contribution is -2.38. The molecule has 0 aromatic heterocycles. The fraction of sp³-hybridized carbons (Fsp3) is 0.800. The van der Waals surface area contributed by atoms with Crippen LogP contribution in [0.1, 0.15) is 12.8 Å². The summed E-state index contributed by atoms with van der Waals surface area (Å²) in [5, 5.41) is 0. The standard InChI is InChI=1S/C10H20N2O/c1-9(7-11)8-12-5-3-10(13-2)4-6-12/h10H,1,3-8,11H2,2H3. The van der Waals surface area contributed by atoms with Crippen LogP contribution in [-0.2, 0) is 4.74 Å². The predicted octanol–water partition coefficient (Wildman–Crippen LogP) is 0.612. The molecule has 76 valence electrons. The lowest BCUT2D eigenvalue weighted by Gasteiger charge is -2.31. The number of nitrogens with two attached hydrogens (primary N) is 1. The maximum atomic E-state index is 5.49. The summed E-state index contributed by atoms with van der Waals surface area (Å²) in [6.45, 7) is 7.68. The minimum atomic E-state index is 0.461. The highest BCUT2D eigenvalue weighted by Gasteiger charge is 2.18. The first-order valence-electron chi connectivity index (χ1n) is 4.88. The van der Waals surface area contributed by atoms with Crippen LogP contribution in [0, 0.1) is 0 Å². The maximum absolute atomic E-state index is 5.49. The smallest absolute Gasteiger partial charge is 0.0595 e. The Balaban J connectivity index is 2.21. The monoisotopic (exact) mass is 184 g/mol. The molecule has 1 rings (SSSR count). The Hall–Kier alpha value is -0.380. The van der Waals surface area contributed by atoms with E-state index in [4.69, 9.17) is 10.5 Å². The molecule has 1 saturated heterocycles. The molecule has 1 heterocycles. The lowest BCUT2D eigenvalue weighted by molar-refractivity contribution is 0.0437. The number of ether oxygens (including phenoxy) is 1. The third-order valence-corrected chi connectivity index (χ3v) is 2.60. The Labute approximate surface area is 80.5 Å².